The molecule has 0 radical (unpaired) electrons. The van der Waals surface area contributed by atoms with Crippen LogP contribution in [0, 0.1) is 6.92 Å². The van der Waals surface area contributed by atoms with Crippen molar-refractivity contribution in [2.45, 2.75) is 32.2 Å². The van der Waals surface area contributed by atoms with Gasteiger partial charge in [0.05, 0.1) is 17.9 Å². The molecule has 2 aromatic heterocycles. The Morgan fingerprint density at radius 2 is 2.32 bits per heavy atom. The number of carboxylic acids is 1. The maximum Gasteiger partial charge on any atom is 0.311 e. The predicted molar refractivity (Wildman–Crippen MR) is 82.1 cm³/mol. The van der Waals surface area contributed by atoms with E-state index in [0.29, 0.717) is 17.7 Å². The molecule has 6 heteroatoms. The Labute approximate surface area is 132 Å². The molecule has 5 nitrogen and oxygen atoms in total. The number of hydrogen-bond donors (Lipinski definition) is 1. The summed E-state index contributed by atoms with van der Waals surface area (Å²) in [7, 11) is 0. The van der Waals surface area contributed by atoms with Gasteiger partial charge in [-0.2, -0.15) is 11.3 Å². The molecule has 0 spiro atoms. The smallest absolute Gasteiger partial charge is 0.311 e. The van der Waals surface area contributed by atoms with Crippen molar-refractivity contribution in [3.05, 3.63) is 45.5 Å². The van der Waals surface area contributed by atoms with Crippen LogP contribution < -0.4 is 0 Å². The van der Waals surface area contributed by atoms with Gasteiger partial charge in [0, 0.05) is 12.1 Å². The van der Waals surface area contributed by atoms with Crippen LogP contribution in [-0.2, 0) is 11.2 Å². The second-order valence-electron chi connectivity index (χ2n) is 5.50. The molecule has 0 bridgehead atoms. The van der Waals surface area contributed by atoms with E-state index in [1.807, 2.05) is 16.3 Å². The monoisotopic (exact) mass is 319 g/mol. The van der Waals surface area contributed by atoms with Crippen LogP contribution in [0.25, 0.3) is 0 Å². The van der Waals surface area contributed by atoms with Crippen molar-refractivity contribution in [1.82, 2.24) is 4.90 Å². The van der Waals surface area contributed by atoms with Gasteiger partial charge in [0.1, 0.15) is 12.2 Å². The number of amides is 1. The topological polar surface area (TPSA) is 70.7 Å². The molecule has 0 aromatic carbocycles. The van der Waals surface area contributed by atoms with Gasteiger partial charge >= 0.3 is 5.97 Å². The summed E-state index contributed by atoms with van der Waals surface area (Å²) >= 11 is 1.62. The van der Waals surface area contributed by atoms with Gasteiger partial charge in [-0.25, -0.2) is 0 Å². The zero-order valence-corrected chi connectivity index (χ0v) is 13.1. The molecule has 1 aliphatic heterocycles. The average Bonchev–Trinajstić information content (AvgIpc) is 3.17. The number of thiophene rings is 1. The van der Waals surface area contributed by atoms with Crippen molar-refractivity contribution < 1.29 is 19.1 Å². The molecule has 0 aliphatic carbocycles. The fourth-order valence-electron chi connectivity index (χ4n) is 3.02. The quantitative estimate of drug-likeness (QED) is 0.939. The number of hydrogen-bond acceptors (Lipinski definition) is 4. The first kappa shape index (κ1) is 14.8. The molecule has 1 saturated heterocycles. The maximum atomic E-state index is 12.9. The number of furan rings is 1. The minimum absolute atomic E-state index is 0.0747. The molecule has 22 heavy (non-hydrogen) atoms. The van der Waals surface area contributed by atoms with Gasteiger partial charge in [-0.1, -0.05) is 0 Å². The summed E-state index contributed by atoms with van der Waals surface area (Å²) in [6.45, 7) is 2.47. The van der Waals surface area contributed by atoms with Crippen molar-refractivity contribution in [3.63, 3.8) is 0 Å². The first-order valence-electron chi connectivity index (χ1n) is 7.19. The Morgan fingerprint density at radius 3 is 3.00 bits per heavy atom. The molecule has 3 heterocycles. The zero-order chi connectivity index (χ0) is 15.7. The van der Waals surface area contributed by atoms with E-state index in [1.165, 1.54) is 6.26 Å². The van der Waals surface area contributed by atoms with Crippen molar-refractivity contribution in [2.24, 2.45) is 0 Å². The highest BCUT2D eigenvalue weighted by atomic mass is 32.1. The molecule has 1 aliphatic rings. The van der Waals surface area contributed by atoms with Crippen molar-refractivity contribution in [1.29, 1.82) is 0 Å². The van der Waals surface area contributed by atoms with Crippen LogP contribution >= 0.6 is 11.3 Å². The van der Waals surface area contributed by atoms with E-state index >= 15 is 0 Å². The summed E-state index contributed by atoms with van der Waals surface area (Å²) in [6, 6.07) is 2.12. The van der Waals surface area contributed by atoms with E-state index in [1.54, 1.807) is 18.3 Å². The summed E-state index contributed by atoms with van der Waals surface area (Å²) in [5, 5.41) is 13.0. The highest BCUT2D eigenvalue weighted by Gasteiger charge is 2.33. The van der Waals surface area contributed by atoms with Gasteiger partial charge in [0.2, 0.25) is 0 Å². The van der Waals surface area contributed by atoms with E-state index in [0.717, 1.165) is 18.4 Å². The highest BCUT2D eigenvalue weighted by molar-refractivity contribution is 7.08. The normalized spacial score (nSPS) is 17.9. The molecule has 0 saturated carbocycles. The van der Waals surface area contributed by atoms with E-state index in [9.17, 15) is 9.59 Å². The third-order valence-electron chi connectivity index (χ3n) is 4.02. The Hall–Kier alpha value is -2.08. The number of nitrogens with zero attached hydrogens (tertiary/aromatic N) is 1. The molecule has 116 valence electrons. The first-order chi connectivity index (χ1) is 10.6. The van der Waals surface area contributed by atoms with Gasteiger partial charge in [-0.05, 0) is 42.2 Å². The third-order valence-corrected chi connectivity index (χ3v) is 4.72. The summed E-state index contributed by atoms with van der Waals surface area (Å²) in [5.74, 6) is -0.888. The van der Waals surface area contributed by atoms with Crippen molar-refractivity contribution in [2.75, 3.05) is 6.54 Å². The van der Waals surface area contributed by atoms with Crippen LogP contribution in [0.15, 0.2) is 27.5 Å². The summed E-state index contributed by atoms with van der Waals surface area (Å²) < 4.78 is 5.29. The summed E-state index contributed by atoms with van der Waals surface area (Å²) in [4.78, 5) is 25.7. The summed E-state index contributed by atoms with van der Waals surface area (Å²) in [5.41, 5.74) is 2.25. The van der Waals surface area contributed by atoms with Crippen molar-refractivity contribution in [3.8, 4) is 0 Å². The average molecular weight is 319 g/mol. The van der Waals surface area contributed by atoms with Gasteiger partial charge in [0.15, 0.2) is 0 Å². The minimum atomic E-state index is -1.00. The fourth-order valence-corrected chi connectivity index (χ4v) is 3.72. The van der Waals surface area contributed by atoms with E-state index < -0.39 is 5.97 Å². The molecule has 1 atom stereocenters. The van der Waals surface area contributed by atoms with Crippen LogP contribution in [0.1, 0.15) is 46.1 Å². The molecular formula is C16H17NO4S. The maximum absolute atomic E-state index is 12.9. The lowest BCUT2D eigenvalue weighted by Crippen LogP contribution is -2.31. The lowest BCUT2D eigenvalue weighted by atomic mass is 10.1. The number of rotatable bonds is 4. The molecular weight excluding hydrogens is 302 g/mol. The number of aliphatic carboxylic acids is 1. The molecule has 1 unspecified atom stereocenters. The Kier molecular flexibility index (Phi) is 4.02. The molecule has 1 N–H and O–H groups in total. The van der Waals surface area contributed by atoms with Crippen LogP contribution in [0.2, 0.25) is 0 Å². The number of likely N-dealkylation sites (tertiary alicyclic amines) is 1. The minimum Gasteiger partial charge on any atom is -0.481 e. The third kappa shape index (κ3) is 2.66. The van der Waals surface area contributed by atoms with Gasteiger partial charge in [-0.3, -0.25) is 9.59 Å². The van der Waals surface area contributed by atoms with Gasteiger partial charge in [-0.15, -0.1) is 0 Å². The molecule has 3 rings (SSSR count). The highest BCUT2D eigenvalue weighted by Crippen LogP contribution is 2.35. The van der Waals surface area contributed by atoms with E-state index in [-0.39, 0.29) is 24.1 Å². The Bertz CT molecular complexity index is 689. The number of carbonyl (C=O) groups excluding carboxylic acids is 1. The summed E-state index contributed by atoms with van der Waals surface area (Å²) in [6.07, 6.45) is 3.08. The van der Waals surface area contributed by atoms with Crippen LogP contribution in [0.4, 0.5) is 0 Å². The van der Waals surface area contributed by atoms with Gasteiger partial charge in [0.25, 0.3) is 5.91 Å². The molecule has 1 amide bonds. The second-order valence-corrected chi connectivity index (χ2v) is 6.28. The molecule has 2 aromatic rings. The van der Waals surface area contributed by atoms with Crippen LogP contribution in [-0.4, -0.2) is 28.4 Å². The second kappa shape index (κ2) is 5.96. The predicted octanol–water partition coefficient (Wildman–Crippen LogP) is 3.25. The number of aryl methyl sites for hydroxylation is 1. The Balaban J connectivity index is 1.90. The number of carbonyl (C=O) groups is 2. The molecule has 1 fully saturated rings. The van der Waals surface area contributed by atoms with Crippen LogP contribution in [0.3, 0.4) is 0 Å². The standard InChI is InChI=1S/C16H17NO4S/c1-10-8-21-13(7-14(18)19)15(10)16(20)17-5-2-3-12(17)11-4-6-22-9-11/h4,6,8-9,12H,2-3,5,7H2,1H3,(H,18,19). The number of carboxylic acid groups (broad SMARTS) is 1. The fraction of sp³-hybridized carbons (Fsp3) is 0.375. The van der Waals surface area contributed by atoms with E-state index in [2.05, 4.69) is 5.38 Å². The van der Waals surface area contributed by atoms with Gasteiger partial charge < -0.3 is 14.4 Å². The first-order valence-corrected chi connectivity index (χ1v) is 8.14. The van der Waals surface area contributed by atoms with Crippen LogP contribution in [0.5, 0.6) is 0 Å². The van der Waals surface area contributed by atoms with E-state index in [4.69, 9.17) is 9.52 Å². The SMILES string of the molecule is Cc1coc(CC(=O)O)c1C(=O)N1CCCC1c1ccsc1. The lowest BCUT2D eigenvalue weighted by molar-refractivity contribution is -0.136. The lowest BCUT2D eigenvalue weighted by Gasteiger charge is -2.24. The largest absolute Gasteiger partial charge is 0.481 e. The Morgan fingerprint density at radius 1 is 1.50 bits per heavy atom. The van der Waals surface area contributed by atoms with Crippen molar-refractivity contribution >= 4 is 23.2 Å². The zero-order valence-electron chi connectivity index (χ0n) is 12.2.